The lowest BCUT2D eigenvalue weighted by Gasteiger charge is -2.08. The Morgan fingerprint density at radius 2 is 2.12 bits per heavy atom. The predicted octanol–water partition coefficient (Wildman–Crippen LogP) is 3.44. The third-order valence-corrected chi connectivity index (χ3v) is 2.98. The molecule has 0 saturated carbocycles. The van der Waals surface area contributed by atoms with Crippen molar-refractivity contribution in [3.63, 3.8) is 0 Å². The molecular formula is C12H7FIN3. The first-order valence-electron chi connectivity index (χ1n) is 4.77. The van der Waals surface area contributed by atoms with Gasteiger partial charge in [-0.25, -0.2) is 9.37 Å². The van der Waals surface area contributed by atoms with Gasteiger partial charge in [0.05, 0.1) is 17.6 Å². The minimum Gasteiger partial charge on any atom is -0.353 e. The highest BCUT2D eigenvalue weighted by Crippen LogP contribution is 2.22. The van der Waals surface area contributed by atoms with Crippen LogP contribution in [0.25, 0.3) is 0 Å². The number of hydrogen-bond donors (Lipinski definition) is 1. The summed E-state index contributed by atoms with van der Waals surface area (Å²) in [7, 11) is 0. The van der Waals surface area contributed by atoms with E-state index in [9.17, 15) is 4.39 Å². The monoisotopic (exact) mass is 339 g/mol. The van der Waals surface area contributed by atoms with Gasteiger partial charge in [-0.2, -0.15) is 5.26 Å². The number of nitrogens with zero attached hydrogens (tertiary/aromatic N) is 2. The van der Waals surface area contributed by atoms with Crippen LogP contribution in [-0.2, 0) is 0 Å². The van der Waals surface area contributed by atoms with E-state index in [0.717, 1.165) is 14.9 Å². The van der Waals surface area contributed by atoms with Crippen LogP contribution in [0.2, 0.25) is 0 Å². The number of rotatable bonds is 2. The Balaban J connectivity index is 2.23. The molecule has 0 unspecified atom stereocenters. The third-order valence-electron chi connectivity index (χ3n) is 2.09. The van der Waals surface area contributed by atoms with Crippen molar-refractivity contribution in [2.75, 3.05) is 5.32 Å². The standard InChI is InChI=1S/C12H7FIN3/c13-8-1-4-12(11(14)5-8)17-10-3-2-9(6-15)16-7-10/h1-5,7,17H. The summed E-state index contributed by atoms with van der Waals surface area (Å²) in [5, 5.41) is 11.7. The summed E-state index contributed by atoms with van der Waals surface area (Å²) in [6, 6.07) is 9.82. The molecule has 0 atom stereocenters. The number of benzene rings is 1. The molecule has 1 N–H and O–H groups in total. The van der Waals surface area contributed by atoms with Crippen LogP contribution in [0.1, 0.15) is 5.69 Å². The minimum absolute atomic E-state index is 0.266. The fraction of sp³-hybridized carbons (Fsp3) is 0. The SMILES string of the molecule is N#Cc1ccc(Nc2ccc(F)cc2I)cn1. The normalized spacial score (nSPS) is 9.71. The van der Waals surface area contributed by atoms with Crippen LogP contribution < -0.4 is 5.32 Å². The number of anilines is 2. The van der Waals surface area contributed by atoms with E-state index in [1.54, 1.807) is 24.4 Å². The van der Waals surface area contributed by atoms with Crippen LogP contribution in [0.5, 0.6) is 0 Å². The van der Waals surface area contributed by atoms with Crippen molar-refractivity contribution >= 4 is 34.0 Å². The molecule has 84 valence electrons. The lowest BCUT2D eigenvalue weighted by atomic mass is 10.3. The van der Waals surface area contributed by atoms with Gasteiger partial charge in [0.25, 0.3) is 0 Å². The van der Waals surface area contributed by atoms with Crippen LogP contribution in [0.3, 0.4) is 0 Å². The van der Waals surface area contributed by atoms with Crippen LogP contribution in [0, 0.1) is 20.7 Å². The number of hydrogen-bond acceptors (Lipinski definition) is 3. The number of nitrogens with one attached hydrogen (secondary N) is 1. The molecule has 0 radical (unpaired) electrons. The average Bonchev–Trinajstić information content (AvgIpc) is 2.34. The van der Waals surface area contributed by atoms with Gasteiger partial charge in [0.1, 0.15) is 17.6 Å². The summed E-state index contributed by atoms with van der Waals surface area (Å²) >= 11 is 2.05. The maximum absolute atomic E-state index is 12.9. The molecule has 0 aliphatic heterocycles. The summed E-state index contributed by atoms with van der Waals surface area (Å²) in [5.41, 5.74) is 1.93. The maximum Gasteiger partial charge on any atom is 0.140 e. The van der Waals surface area contributed by atoms with E-state index >= 15 is 0 Å². The van der Waals surface area contributed by atoms with Gasteiger partial charge in [0, 0.05) is 3.57 Å². The Morgan fingerprint density at radius 3 is 2.71 bits per heavy atom. The molecule has 0 spiro atoms. The molecule has 2 rings (SSSR count). The van der Waals surface area contributed by atoms with Crippen molar-refractivity contribution in [1.82, 2.24) is 4.98 Å². The van der Waals surface area contributed by atoms with Crippen LogP contribution in [-0.4, -0.2) is 4.98 Å². The molecule has 3 nitrogen and oxygen atoms in total. The number of halogens is 2. The van der Waals surface area contributed by atoms with Crippen molar-refractivity contribution in [3.05, 3.63) is 51.6 Å². The number of nitriles is 1. The van der Waals surface area contributed by atoms with Crippen molar-refractivity contribution in [2.45, 2.75) is 0 Å². The Bertz CT molecular complexity index is 575. The van der Waals surface area contributed by atoms with Gasteiger partial charge in [0.15, 0.2) is 0 Å². The van der Waals surface area contributed by atoms with Crippen molar-refractivity contribution in [3.8, 4) is 6.07 Å². The van der Waals surface area contributed by atoms with Gasteiger partial charge >= 0.3 is 0 Å². The lowest BCUT2D eigenvalue weighted by Crippen LogP contribution is -1.94. The van der Waals surface area contributed by atoms with E-state index in [-0.39, 0.29) is 5.82 Å². The summed E-state index contributed by atoms with van der Waals surface area (Å²) in [6.07, 6.45) is 1.57. The van der Waals surface area contributed by atoms with E-state index in [1.807, 2.05) is 6.07 Å². The molecule has 0 aliphatic carbocycles. The van der Waals surface area contributed by atoms with E-state index in [1.165, 1.54) is 12.1 Å². The van der Waals surface area contributed by atoms with Gasteiger partial charge in [-0.15, -0.1) is 0 Å². The highest BCUT2D eigenvalue weighted by Gasteiger charge is 2.02. The van der Waals surface area contributed by atoms with Gasteiger partial charge in [-0.3, -0.25) is 0 Å². The molecule has 0 fully saturated rings. The van der Waals surface area contributed by atoms with Gasteiger partial charge < -0.3 is 5.32 Å². The summed E-state index contributed by atoms with van der Waals surface area (Å²) in [4.78, 5) is 3.94. The molecule has 2 aromatic rings. The molecule has 0 saturated heterocycles. The van der Waals surface area contributed by atoms with E-state index in [0.29, 0.717) is 5.69 Å². The first kappa shape index (κ1) is 11.8. The Hall–Kier alpha value is -1.68. The zero-order chi connectivity index (χ0) is 12.3. The summed E-state index contributed by atoms with van der Waals surface area (Å²) < 4.78 is 13.7. The van der Waals surface area contributed by atoms with Crippen molar-refractivity contribution < 1.29 is 4.39 Å². The zero-order valence-electron chi connectivity index (χ0n) is 8.61. The molecule has 17 heavy (non-hydrogen) atoms. The van der Waals surface area contributed by atoms with Gasteiger partial charge in [-0.1, -0.05) is 0 Å². The topological polar surface area (TPSA) is 48.7 Å². The largest absolute Gasteiger partial charge is 0.353 e. The van der Waals surface area contributed by atoms with Gasteiger partial charge in [0.2, 0.25) is 0 Å². The van der Waals surface area contributed by atoms with E-state index < -0.39 is 0 Å². The third kappa shape index (κ3) is 2.91. The molecule has 5 heteroatoms. The van der Waals surface area contributed by atoms with E-state index in [4.69, 9.17) is 5.26 Å². The minimum atomic E-state index is -0.266. The quantitative estimate of drug-likeness (QED) is 0.853. The molecule has 0 amide bonds. The molecule has 1 heterocycles. The average molecular weight is 339 g/mol. The smallest absolute Gasteiger partial charge is 0.140 e. The lowest BCUT2D eigenvalue weighted by molar-refractivity contribution is 0.627. The highest BCUT2D eigenvalue weighted by atomic mass is 127. The first-order chi connectivity index (χ1) is 8.19. The van der Waals surface area contributed by atoms with Crippen LogP contribution in [0.15, 0.2) is 36.5 Å². The summed E-state index contributed by atoms with van der Waals surface area (Å²) in [6.45, 7) is 0. The van der Waals surface area contributed by atoms with Crippen molar-refractivity contribution in [1.29, 1.82) is 5.26 Å². The Kier molecular flexibility index (Phi) is 3.54. The number of aromatic nitrogens is 1. The highest BCUT2D eigenvalue weighted by molar-refractivity contribution is 14.1. The molecule has 1 aromatic heterocycles. The second-order valence-electron chi connectivity index (χ2n) is 3.29. The number of pyridine rings is 1. The molecule has 0 aliphatic rings. The van der Waals surface area contributed by atoms with Crippen LogP contribution >= 0.6 is 22.6 Å². The van der Waals surface area contributed by atoms with Gasteiger partial charge in [-0.05, 0) is 52.9 Å². The molecular weight excluding hydrogens is 332 g/mol. The second kappa shape index (κ2) is 5.10. The molecule has 1 aromatic carbocycles. The fourth-order valence-electron chi connectivity index (χ4n) is 1.28. The van der Waals surface area contributed by atoms with Crippen LogP contribution in [0.4, 0.5) is 15.8 Å². The fourth-order valence-corrected chi connectivity index (χ4v) is 1.89. The predicted molar refractivity (Wildman–Crippen MR) is 71.4 cm³/mol. The zero-order valence-corrected chi connectivity index (χ0v) is 10.8. The van der Waals surface area contributed by atoms with Crippen molar-refractivity contribution in [2.24, 2.45) is 0 Å². The van der Waals surface area contributed by atoms with E-state index in [2.05, 4.69) is 32.9 Å². The Labute approximate surface area is 111 Å². The maximum atomic E-state index is 12.9. The first-order valence-corrected chi connectivity index (χ1v) is 5.85. The Morgan fingerprint density at radius 1 is 1.29 bits per heavy atom. The summed E-state index contributed by atoms with van der Waals surface area (Å²) in [5.74, 6) is -0.266. The second-order valence-corrected chi connectivity index (χ2v) is 4.46. The molecule has 0 bridgehead atoms.